The first-order valence-corrected chi connectivity index (χ1v) is 6.68. The predicted octanol–water partition coefficient (Wildman–Crippen LogP) is 2.65. The van der Waals surface area contributed by atoms with Gasteiger partial charge in [0.05, 0.1) is 16.8 Å². The van der Waals surface area contributed by atoms with E-state index in [2.05, 4.69) is 0 Å². The maximum absolute atomic E-state index is 12.6. The Balaban J connectivity index is 2.46. The number of nitrogen functional groups attached to an aromatic ring is 1. The Morgan fingerprint density at radius 2 is 1.89 bits per heavy atom. The van der Waals surface area contributed by atoms with Crippen molar-refractivity contribution in [2.75, 3.05) is 10.6 Å². The Bertz CT molecular complexity index is 533. The number of amides is 2. The number of anilines is 2. The lowest BCUT2D eigenvalue weighted by molar-refractivity contribution is -0.126. The molecular weight excluding hydrogens is 240 g/mol. The topological polar surface area (TPSA) is 63.4 Å². The molecule has 0 aliphatic carbocycles. The Morgan fingerprint density at radius 3 is 2.37 bits per heavy atom. The van der Waals surface area contributed by atoms with Crippen LogP contribution in [-0.2, 0) is 9.59 Å². The average Bonchev–Trinajstić information content (AvgIpc) is 2.62. The van der Waals surface area contributed by atoms with Gasteiger partial charge >= 0.3 is 0 Å². The summed E-state index contributed by atoms with van der Waals surface area (Å²) in [5.41, 5.74) is 7.41. The summed E-state index contributed by atoms with van der Waals surface area (Å²) < 4.78 is 0. The molecule has 19 heavy (non-hydrogen) atoms. The van der Waals surface area contributed by atoms with Crippen LogP contribution in [-0.4, -0.2) is 11.8 Å². The van der Waals surface area contributed by atoms with E-state index in [0.717, 1.165) is 5.56 Å². The highest BCUT2D eigenvalue weighted by atomic mass is 16.2. The highest BCUT2D eigenvalue weighted by Crippen LogP contribution is 2.42. The monoisotopic (exact) mass is 260 g/mol. The lowest BCUT2D eigenvalue weighted by Gasteiger charge is -2.24. The minimum atomic E-state index is -0.547. The van der Waals surface area contributed by atoms with Gasteiger partial charge in [-0.05, 0) is 37.5 Å². The highest BCUT2D eigenvalue weighted by molar-refractivity contribution is 6.23. The zero-order valence-electron chi connectivity index (χ0n) is 11.7. The summed E-state index contributed by atoms with van der Waals surface area (Å²) in [4.78, 5) is 26.1. The SMILES string of the molecule is CCC1(CC)CC(=O)N(c2ccc(C)cc2N)C1=O. The number of benzene rings is 1. The molecule has 4 heteroatoms. The van der Waals surface area contributed by atoms with Gasteiger partial charge in [-0.3, -0.25) is 9.59 Å². The van der Waals surface area contributed by atoms with Crippen LogP contribution in [0, 0.1) is 12.3 Å². The fourth-order valence-electron chi connectivity index (χ4n) is 2.72. The zero-order chi connectivity index (χ0) is 14.2. The van der Waals surface area contributed by atoms with Crippen LogP contribution in [0.2, 0.25) is 0 Å². The second kappa shape index (κ2) is 4.68. The normalized spacial score (nSPS) is 18.2. The number of imide groups is 1. The number of carbonyl (C=O) groups excluding carboxylic acids is 2. The molecule has 0 radical (unpaired) electrons. The van der Waals surface area contributed by atoms with E-state index in [1.54, 1.807) is 12.1 Å². The minimum Gasteiger partial charge on any atom is -0.397 e. The van der Waals surface area contributed by atoms with E-state index in [4.69, 9.17) is 5.73 Å². The third-order valence-electron chi connectivity index (χ3n) is 4.17. The Kier molecular flexibility index (Phi) is 3.35. The number of rotatable bonds is 3. The summed E-state index contributed by atoms with van der Waals surface area (Å²) in [6.07, 6.45) is 1.64. The van der Waals surface area contributed by atoms with E-state index in [9.17, 15) is 9.59 Å². The van der Waals surface area contributed by atoms with Gasteiger partial charge in [-0.2, -0.15) is 0 Å². The molecule has 1 aromatic carbocycles. The summed E-state index contributed by atoms with van der Waals surface area (Å²) in [6, 6.07) is 5.40. The molecule has 1 aliphatic heterocycles. The van der Waals surface area contributed by atoms with Crippen LogP contribution in [0.15, 0.2) is 18.2 Å². The third kappa shape index (κ3) is 2.01. The maximum atomic E-state index is 12.6. The van der Waals surface area contributed by atoms with Crippen LogP contribution in [0.1, 0.15) is 38.7 Å². The van der Waals surface area contributed by atoms with Crippen molar-refractivity contribution in [3.8, 4) is 0 Å². The first-order valence-electron chi connectivity index (χ1n) is 6.68. The predicted molar refractivity (Wildman–Crippen MR) is 75.7 cm³/mol. The largest absolute Gasteiger partial charge is 0.397 e. The van der Waals surface area contributed by atoms with Gasteiger partial charge in [0.15, 0.2) is 0 Å². The molecule has 0 aromatic heterocycles. The standard InChI is InChI=1S/C15H20N2O2/c1-4-15(5-2)9-13(18)17(14(15)19)12-7-6-10(3)8-11(12)16/h6-8H,4-5,9,16H2,1-3H3. The second-order valence-corrected chi connectivity index (χ2v) is 5.26. The number of aryl methyl sites for hydroxylation is 1. The van der Waals surface area contributed by atoms with E-state index in [1.165, 1.54) is 4.90 Å². The van der Waals surface area contributed by atoms with E-state index in [-0.39, 0.29) is 18.2 Å². The van der Waals surface area contributed by atoms with Crippen LogP contribution in [0.4, 0.5) is 11.4 Å². The molecule has 0 unspecified atom stereocenters. The van der Waals surface area contributed by atoms with Crippen molar-refractivity contribution in [3.05, 3.63) is 23.8 Å². The van der Waals surface area contributed by atoms with Gasteiger partial charge in [0, 0.05) is 6.42 Å². The number of nitrogens with two attached hydrogens (primary N) is 1. The van der Waals surface area contributed by atoms with Crippen molar-refractivity contribution in [3.63, 3.8) is 0 Å². The lowest BCUT2D eigenvalue weighted by Crippen LogP contribution is -2.35. The first-order chi connectivity index (χ1) is 8.95. The summed E-state index contributed by atoms with van der Waals surface area (Å²) in [5.74, 6) is -0.262. The lowest BCUT2D eigenvalue weighted by atomic mass is 9.81. The molecule has 2 rings (SSSR count). The fraction of sp³-hybridized carbons (Fsp3) is 0.467. The Morgan fingerprint density at radius 1 is 1.26 bits per heavy atom. The van der Waals surface area contributed by atoms with Gasteiger partial charge in [-0.15, -0.1) is 0 Å². The molecule has 0 saturated carbocycles. The maximum Gasteiger partial charge on any atom is 0.240 e. The van der Waals surface area contributed by atoms with Crippen LogP contribution in [0.3, 0.4) is 0 Å². The van der Waals surface area contributed by atoms with Crippen molar-refractivity contribution in [2.24, 2.45) is 5.41 Å². The molecule has 0 bridgehead atoms. The molecule has 2 amide bonds. The summed E-state index contributed by atoms with van der Waals surface area (Å²) in [7, 11) is 0. The van der Waals surface area contributed by atoms with Gasteiger partial charge in [0.1, 0.15) is 0 Å². The molecule has 102 valence electrons. The van der Waals surface area contributed by atoms with Crippen LogP contribution in [0.25, 0.3) is 0 Å². The Labute approximate surface area is 113 Å². The van der Waals surface area contributed by atoms with Gasteiger partial charge in [-0.1, -0.05) is 19.9 Å². The first kappa shape index (κ1) is 13.6. The van der Waals surface area contributed by atoms with E-state index >= 15 is 0 Å². The van der Waals surface area contributed by atoms with E-state index < -0.39 is 5.41 Å². The van der Waals surface area contributed by atoms with Gasteiger partial charge in [-0.25, -0.2) is 4.90 Å². The fourth-order valence-corrected chi connectivity index (χ4v) is 2.72. The molecule has 1 saturated heterocycles. The average molecular weight is 260 g/mol. The molecule has 4 nitrogen and oxygen atoms in total. The summed E-state index contributed by atoms with van der Waals surface area (Å²) in [5, 5.41) is 0. The van der Waals surface area contributed by atoms with Crippen LogP contribution in [0.5, 0.6) is 0 Å². The zero-order valence-corrected chi connectivity index (χ0v) is 11.7. The molecule has 1 aromatic rings. The number of hydrogen-bond donors (Lipinski definition) is 1. The van der Waals surface area contributed by atoms with Crippen molar-refractivity contribution in [1.29, 1.82) is 0 Å². The van der Waals surface area contributed by atoms with Gasteiger partial charge in [0.2, 0.25) is 11.8 Å². The van der Waals surface area contributed by atoms with E-state index in [1.807, 2.05) is 26.8 Å². The second-order valence-electron chi connectivity index (χ2n) is 5.26. The van der Waals surface area contributed by atoms with Crippen LogP contribution < -0.4 is 10.6 Å². The molecule has 1 heterocycles. The molecule has 1 fully saturated rings. The summed E-state index contributed by atoms with van der Waals surface area (Å²) in [6.45, 7) is 5.84. The highest BCUT2D eigenvalue weighted by Gasteiger charge is 2.49. The van der Waals surface area contributed by atoms with Crippen LogP contribution >= 0.6 is 0 Å². The Hall–Kier alpha value is -1.84. The van der Waals surface area contributed by atoms with Crippen molar-refractivity contribution in [1.82, 2.24) is 0 Å². The molecule has 0 spiro atoms. The van der Waals surface area contributed by atoms with Gasteiger partial charge in [0.25, 0.3) is 0 Å². The number of hydrogen-bond acceptors (Lipinski definition) is 3. The number of carbonyl (C=O) groups is 2. The minimum absolute atomic E-state index is 0.113. The van der Waals surface area contributed by atoms with Gasteiger partial charge < -0.3 is 5.73 Å². The van der Waals surface area contributed by atoms with Crippen molar-refractivity contribution >= 4 is 23.2 Å². The number of nitrogens with zero attached hydrogens (tertiary/aromatic N) is 1. The smallest absolute Gasteiger partial charge is 0.240 e. The molecular formula is C15H20N2O2. The quantitative estimate of drug-likeness (QED) is 0.671. The molecule has 2 N–H and O–H groups in total. The summed E-state index contributed by atoms with van der Waals surface area (Å²) >= 11 is 0. The van der Waals surface area contributed by atoms with Crippen molar-refractivity contribution < 1.29 is 9.59 Å². The molecule has 1 aliphatic rings. The third-order valence-corrected chi connectivity index (χ3v) is 4.17. The van der Waals surface area contributed by atoms with Crippen molar-refractivity contribution in [2.45, 2.75) is 40.0 Å². The van der Waals surface area contributed by atoms with E-state index in [0.29, 0.717) is 24.2 Å². The molecule has 0 atom stereocenters.